The zero-order valence-electron chi connectivity index (χ0n) is 8.72. The number of aromatic nitrogens is 1. The Bertz CT molecular complexity index is 420. The maximum Gasteiger partial charge on any atom is 0.0552 e. The van der Waals surface area contributed by atoms with Crippen molar-refractivity contribution in [2.45, 2.75) is 13.0 Å². The van der Waals surface area contributed by atoms with Crippen molar-refractivity contribution in [1.29, 1.82) is 0 Å². The third kappa shape index (κ3) is 2.22. The number of rotatable bonds is 2. The van der Waals surface area contributed by atoms with E-state index in [0.717, 1.165) is 11.1 Å². The normalized spacial score (nSPS) is 12.4. The average molecular weight is 198 g/mol. The van der Waals surface area contributed by atoms with Gasteiger partial charge in [-0.3, -0.25) is 4.98 Å². The highest BCUT2D eigenvalue weighted by Crippen LogP contribution is 2.18. The standard InChI is InChI=1S/C13H14N2/c1-10-2-4-11(5-3-10)13(14)12-6-8-15-9-7-12/h2-9,13H,14H2,1H3/t13-/m0/s1. The molecule has 2 aromatic rings. The Hall–Kier alpha value is -1.67. The van der Waals surface area contributed by atoms with Crippen LogP contribution >= 0.6 is 0 Å². The summed E-state index contributed by atoms with van der Waals surface area (Å²) in [6.45, 7) is 2.07. The summed E-state index contributed by atoms with van der Waals surface area (Å²) in [6, 6.07) is 12.1. The van der Waals surface area contributed by atoms with Gasteiger partial charge in [-0.25, -0.2) is 0 Å². The fourth-order valence-electron chi connectivity index (χ4n) is 1.54. The van der Waals surface area contributed by atoms with Crippen LogP contribution in [-0.2, 0) is 0 Å². The maximum absolute atomic E-state index is 6.14. The quantitative estimate of drug-likeness (QED) is 0.805. The summed E-state index contributed by atoms with van der Waals surface area (Å²) in [5.41, 5.74) is 9.61. The summed E-state index contributed by atoms with van der Waals surface area (Å²) < 4.78 is 0. The minimum atomic E-state index is -0.0615. The predicted molar refractivity (Wildman–Crippen MR) is 61.4 cm³/mol. The summed E-state index contributed by atoms with van der Waals surface area (Å²) in [5.74, 6) is 0. The molecule has 76 valence electrons. The van der Waals surface area contributed by atoms with Gasteiger partial charge in [0, 0.05) is 12.4 Å². The van der Waals surface area contributed by atoms with E-state index in [4.69, 9.17) is 5.73 Å². The minimum Gasteiger partial charge on any atom is -0.320 e. The molecule has 0 aliphatic carbocycles. The van der Waals surface area contributed by atoms with Gasteiger partial charge < -0.3 is 5.73 Å². The van der Waals surface area contributed by atoms with Gasteiger partial charge in [-0.05, 0) is 30.2 Å². The molecular weight excluding hydrogens is 184 g/mol. The topological polar surface area (TPSA) is 38.9 Å². The molecule has 0 unspecified atom stereocenters. The zero-order chi connectivity index (χ0) is 10.7. The molecule has 0 aliphatic heterocycles. The molecular formula is C13H14N2. The van der Waals surface area contributed by atoms with Crippen LogP contribution in [0.1, 0.15) is 22.7 Å². The minimum absolute atomic E-state index is 0.0615. The number of pyridine rings is 1. The van der Waals surface area contributed by atoms with E-state index >= 15 is 0 Å². The number of nitrogens with zero attached hydrogens (tertiary/aromatic N) is 1. The molecule has 1 atom stereocenters. The van der Waals surface area contributed by atoms with E-state index in [1.807, 2.05) is 12.1 Å². The van der Waals surface area contributed by atoms with E-state index < -0.39 is 0 Å². The lowest BCUT2D eigenvalue weighted by atomic mass is 10.00. The highest BCUT2D eigenvalue weighted by molar-refractivity contribution is 5.31. The van der Waals surface area contributed by atoms with Gasteiger partial charge in [-0.2, -0.15) is 0 Å². The van der Waals surface area contributed by atoms with Gasteiger partial charge in [0.05, 0.1) is 6.04 Å². The van der Waals surface area contributed by atoms with E-state index in [1.54, 1.807) is 12.4 Å². The van der Waals surface area contributed by atoms with Crippen LogP contribution in [0.15, 0.2) is 48.8 Å². The van der Waals surface area contributed by atoms with Crippen LogP contribution < -0.4 is 5.73 Å². The monoisotopic (exact) mass is 198 g/mol. The first-order valence-corrected chi connectivity index (χ1v) is 4.99. The van der Waals surface area contributed by atoms with Crippen LogP contribution in [-0.4, -0.2) is 4.98 Å². The molecule has 1 aromatic carbocycles. The second-order valence-electron chi connectivity index (χ2n) is 3.67. The smallest absolute Gasteiger partial charge is 0.0552 e. The highest BCUT2D eigenvalue weighted by Gasteiger charge is 2.07. The first kappa shape index (κ1) is 9.87. The lowest BCUT2D eigenvalue weighted by molar-refractivity contribution is 0.867. The molecule has 2 N–H and O–H groups in total. The fourth-order valence-corrected chi connectivity index (χ4v) is 1.54. The molecule has 0 fully saturated rings. The lowest BCUT2D eigenvalue weighted by Crippen LogP contribution is -2.11. The molecule has 2 rings (SSSR count). The van der Waals surface area contributed by atoms with Crippen molar-refractivity contribution >= 4 is 0 Å². The Kier molecular flexibility index (Phi) is 2.79. The molecule has 1 aromatic heterocycles. The molecule has 0 bridgehead atoms. The van der Waals surface area contributed by atoms with Gasteiger partial charge in [0.25, 0.3) is 0 Å². The van der Waals surface area contributed by atoms with E-state index in [0.29, 0.717) is 0 Å². The molecule has 2 heteroatoms. The lowest BCUT2D eigenvalue weighted by Gasteiger charge is -2.12. The molecule has 15 heavy (non-hydrogen) atoms. The van der Waals surface area contributed by atoms with E-state index in [-0.39, 0.29) is 6.04 Å². The van der Waals surface area contributed by atoms with E-state index in [1.165, 1.54) is 5.56 Å². The third-order valence-electron chi connectivity index (χ3n) is 2.50. The predicted octanol–water partition coefficient (Wildman–Crippen LogP) is 2.44. The molecule has 0 saturated carbocycles. The second-order valence-corrected chi connectivity index (χ2v) is 3.67. The molecule has 0 spiro atoms. The van der Waals surface area contributed by atoms with Crippen molar-refractivity contribution in [3.63, 3.8) is 0 Å². The van der Waals surface area contributed by atoms with Gasteiger partial charge in [0.2, 0.25) is 0 Å². The van der Waals surface area contributed by atoms with Crippen LogP contribution in [0.5, 0.6) is 0 Å². The van der Waals surface area contributed by atoms with Crippen molar-refractivity contribution in [2.24, 2.45) is 5.73 Å². The van der Waals surface area contributed by atoms with Crippen LogP contribution in [0.4, 0.5) is 0 Å². The first-order chi connectivity index (χ1) is 7.27. The zero-order valence-corrected chi connectivity index (χ0v) is 8.72. The Morgan fingerprint density at radius 3 is 2.07 bits per heavy atom. The van der Waals surface area contributed by atoms with Gasteiger partial charge >= 0.3 is 0 Å². The molecule has 0 aliphatic rings. The average Bonchev–Trinajstić information content (AvgIpc) is 2.30. The SMILES string of the molecule is Cc1ccc([C@H](N)c2ccncc2)cc1. The second kappa shape index (κ2) is 4.24. The molecule has 0 saturated heterocycles. The summed E-state index contributed by atoms with van der Waals surface area (Å²) in [6.07, 6.45) is 3.53. The van der Waals surface area contributed by atoms with Crippen LogP contribution in [0, 0.1) is 6.92 Å². The summed E-state index contributed by atoms with van der Waals surface area (Å²) in [4.78, 5) is 3.98. The Balaban J connectivity index is 2.29. The van der Waals surface area contributed by atoms with Crippen LogP contribution in [0.2, 0.25) is 0 Å². The van der Waals surface area contributed by atoms with Gasteiger partial charge in [0.1, 0.15) is 0 Å². The van der Waals surface area contributed by atoms with Crippen molar-refractivity contribution in [1.82, 2.24) is 4.98 Å². The highest BCUT2D eigenvalue weighted by atomic mass is 14.7. The van der Waals surface area contributed by atoms with Gasteiger partial charge in [0.15, 0.2) is 0 Å². The Morgan fingerprint density at radius 1 is 0.933 bits per heavy atom. The maximum atomic E-state index is 6.14. The Morgan fingerprint density at radius 2 is 1.47 bits per heavy atom. The largest absolute Gasteiger partial charge is 0.320 e. The van der Waals surface area contributed by atoms with Crippen molar-refractivity contribution < 1.29 is 0 Å². The van der Waals surface area contributed by atoms with Crippen LogP contribution in [0.25, 0.3) is 0 Å². The van der Waals surface area contributed by atoms with Gasteiger partial charge in [-0.1, -0.05) is 29.8 Å². The Labute approximate surface area is 89.8 Å². The first-order valence-electron chi connectivity index (χ1n) is 4.99. The molecule has 0 radical (unpaired) electrons. The molecule has 1 heterocycles. The number of benzene rings is 1. The summed E-state index contributed by atoms with van der Waals surface area (Å²) in [5, 5.41) is 0. The summed E-state index contributed by atoms with van der Waals surface area (Å²) in [7, 11) is 0. The van der Waals surface area contributed by atoms with Crippen molar-refractivity contribution in [3.8, 4) is 0 Å². The third-order valence-corrected chi connectivity index (χ3v) is 2.50. The van der Waals surface area contributed by atoms with Crippen molar-refractivity contribution in [2.75, 3.05) is 0 Å². The van der Waals surface area contributed by atoms with E-state index in [2.05, 4.69) is 36.2 Å². The van der Waals surface area contributed by atoms with Gasteiger partial charge in [-0.15, -0.1) is 0 Å². The number of nitrogens with two attached hydrogens (primary N) is 1. The van der Waals surface area contributed by atoms with Crippen molar-refractivity contribution in [3.05, 3.63) is 65.5 Å². The molecule has 2 nitrogen and oxygen atoms in total. The van der Waals surface area contributed by atoms with E-state index in [9.17, 15) is 0 Å². The number of aryl methyl sites for hydroxylation is 1. The molecule has 0 amide bonds. The number of hydrogen-bond acceptors (Lipinski definition) is 2. The number of hydrogen-bond donors (Lipinski definition) is 1. The summed E-state index contributed by atoms with van der Waals surface area (Å²) >= 11 is 0. The van der Waals surface area contributed by atoms with Crippen LogP contribution in [0.3, 0.4) is 0 Å². The fraction of sp³-hybridized carbons (Fsp3) is 0.154.